The van der Waals surface area contributed by atoms with Crippen molar-refractivity contribution in [2.45, 2.75) is 45.3 Å². The molecule has 0 saturated carbocycles. The monoisotopic (exact) mass is 171 g/mol. The van der Waals surface area contributed by atoms with Crippen molar-refractivity contribution >= 4 is 0 Å². The van der Waals surface area contributed by atoms with Gasteiger partial charge in [0.1, 0.15) is 0 Å². The van der Waals surface area contributed by atoms with Crippen LogP contribution in [0.5, 0.6) is 0 Å². The predicted molar refractivity (Wildman–Crippen MR) is 51.4 cm³/mol. The van der Waals surface area contributed by atoms with Crippen molar-refractivity contribution in [2.75, 3.05) is 20.1 Å². The molecule has 2 saturated heterocycles. The van der Waals surface area contributed by atoms with E-state index in [1.165, 1.54) is 12.8 Å². The molecule has 2 aliphatic heterocycles. The lowest BCUT2D eigenvalue weighted by Crippen LogP contribution is -2.59. The zero-order valence-corrected chi connectivity index (χ0v) is 8.76. The molecule has 0 aromatic carbocycles. The fourth-order valence-electron chi connectivity index (χ4n) is 2.18. The standard InChI is InChI=1S/C8H15NO.C2H6/c1-7-3-4-8(10-7)5-9(2)6-8;1-2/h7H,3-6H2,1-2H3;1-2H3. The highest BCUT2D eigenvalue weighted by molar-refractivity contribution is 4.99. The summed E-state index contributed by atoms with van der Waals surface area (Å²) in [5, 5.41) is 0. The van der Waals surface area contributed by atoms with Crippen LogP contribution in [0.4, 0.5) is 0 Å². The maximum absolute atomic E-state index is 5.81. The fraction of sp³-hybridized carbons (Fsp3) is 1.00. The van der Waals surface area contributed by atoms with Crippen LogP contribution >= 0.6 is 0 Å². The van der Waals surface area contributed by atoms with Gasteiger partial charge in [-0.3, -0.25) is 0 Å². The van der Waals surface area contributed by atoms with E-state index < -0.39 is 0 Å². The first kappa shape index (κ1) is 10.0. The van der Waals surface area contributed by atoms with E-state index in [9.17, 15) is 0 Å². The maximum atomic E-state index is 5.81. The van der Waals surface area contributed by atoms with E-state index in [0.717, 1.165) is 13.1 Å². The predicted octanol–water partition coefficient (Wildman–Crippen LogP) is 1.90. The van der Waals surface area contributed by atoms with Gasteiger partial charge >= 0.3 is 0 Å². The average Bonchev–Trinajstić information content (AvgIpc) is 2.36. The van der Waals surface area contributed by atoms with Crippen molar-refractivity contribution in [2.24, 2.45) is 0 Å². The summed E-state index contributed by atoms with van der Waals surface area (Å²) < 4.78 is 5.81. The SMILES string of the molecule is CC.CC1CCC2(CN(C)C2)O1. The van der Waals surface area contributed by atoms with E-state index in [1.807, 2.05) is 13.8 Å². The third-order valence-electron chi connectivity index (χ3n) is 2.57. The van der Waals surface area contributed by atoms with Crippen LogP contribution in [0.3, 0.4) is 0 Å². The van der Waals surface area contributed by atoms with E-state index >= 15 is 0 Å². The quantitative estimate of drug-likeness (QED) is 0.552. The smallest absolute Gasteiger partial charge is 0.0939 e. The Hall–Kier alpha value is -0.0800. The summed E-state index contributed by atoms with van der Waals surface area (Å²) in [6.45, 7) is 8.47. The summed E-state index contributed by atoms with van der Waals surface area (Å²) in [4.78, 5) is 2.32. The molecule has 0 bridgehead atoms. The Balaban J connectivity index is 0.000000336. The second kappa shape index (κ2) is 3.75. The minimum Gasteiger partial charge on any atom is -0.369 e. The molecule has 12 heavy (non-hydrogen) atoms. The fourth-order valence-corrected chi connectivity index (χ4v) is 2.18. The van der Waals surface area contributed by atoms with Crippen molar-refractivity contribution < 1.29 is 4.74 Å². The highest BCUT2D eigenvalue weighted by Crippen LogP contribution is 2.36. The summed E-state index contributed by atoms with van der Waals surface area (Å²) in [6.07, 6.45) is 3.04. The summed E-state index contributed by atoms with van der Waals surface area (Å²) in [5.41, 5.74) is 0.286. The van der Waals surface area contributed by atoms with Gasteiger partial charge in [0.05, 0.1) is 11.7 Å². The number of likely N-dealkylation sites (N-methyl/N-ethyl adjacent to an activating group) is 1. The number of hydrogen-bond acceptors (Lipinski definition) is 2. The van der Waals surface area contributed by atoms with Crippen LogP contribution < -0.4 is 0 Å². The summed E-state index contributed by atoms with van der Waals surface area (Å²) in [7, 11) is 2.15. The second-order valence-electron chi connectivity index (χ2n) is 3.82. The first-order chi connectivity index (χ1) is 5.70. The lowest BCUT2D eigenvalue weighted by Gasteiger charge is -2.45. The van der Waals surface area contributed by atoms with Gasteiger partial charge in [0.25, 0.3) is 0 Å². The molecule has 72 valence electrons. The van der Waals surface area contributed by atoms with Crippen LogP contribution in [-0.4, -0.2) is 36.7 Å². The van der Waals surface area contributed by atoms with E-state index in [1.54, 1.807) is 0 Å². The number of rotatable bonds is 0. The van der Waals surface area contributed by atoms with E-state index in [2.05, 4.69) is 18.9 Å². The molecular formula is C10H21NO. The summed E-state index contributed by atoms with van der Waals surface area (Å²) in [5.74, 6) is 0. The van der Waals surface area contributed by atoms with Crippen LogP contribution in [0.2, 0.25) is 0 Å². The summed E-state index contributed by atoms with van der Waals surface area (Å²) in [6, 6.07) is 0. The van der Waals surface area contributed by atoms with Gasteiger partial charge in [0.15, 0.2) is 0 Å². The van der Waals surface area contributed by atoms with E-state index in [0.29, 0.717) is 6.10 Å². The third-order valence-corrected chi connectivity index (χ3v) is 2.57. The van der Waals surface area contributed by atoms with Gasteiger partial charge in [-0.05, 0) is 26.8 Å². The molecule has 0 aliphatic carbocycles. The zero-order valence-electron chi connectivity index (χ0n) is 8.76. The van der Waals surface area contributed by atoms with Crippen LogP contribution in [-0.2, 0) is 4.74 Å². The first-order valence-electron chi connectivity index (χ1n) is 5.07. The largest absolute Gasteiger partial charge is 0.369 e. The molecule has 1 spiro atoms. The average molecular weight is 171 g/mol. The minimum atomic E-state index is 0.286. The van der Waals surface area contributed by atoms with Crippen LogP contribution in [0.1, 0.15) is 33.6 Å². The molecule has 2 heterocycles. The molecular weight excluding hydrogens is 150 g/mol. The Bertz CT molecular complexity index is 135. The number of likely N-dealkylation sites (tertiary alicyclic amines) is 1. The Kier molecular flexibility index (Phi) is 3.13. The molecule has 2 nitrogen and oxygen atoms in total. The van der Waals surface area contributed by atoms with Crippen molar-refractivity contribution in [3.63, 3.8) is 0 Å². The molecule has 2 aliphatic rings. The Morgan fingerprint density at radius 1 is 1.33 bits per heavy atom. The van der Waals surface area contributed by atoms with Gasteiger partial charge in [-0.1, -0.05) is 13.8 Å². The highest BCUT2D eigenvalue weighted by Gasteiger charge is 2.46. The molecule has 0 aromatic rings. The molecule has 2 fully saturated rings. The van der Waals surface area contributed by atoms with Crippen molar-refractivity contribution in [3.05, 3.63) is 0 Å². The molecule has 0 N–H and O–H groups in total. The van der Waals surface area contributed by atoms with E-state index in [-0.39, 0.29) is 5.60 Å². The lowest BCUT2D eigenvalue weighted by atomic mass is 9.92. The van der Waals surface area contributed by atoms with Gasteiger partial charge in [-0.25, -0.2) is 0 Å². The lowest BCUT2D eigenvalue weighted by molar-refractivity contribution is -0.122. The highest BCUT2D eigenvalue weighted by atomic mass is 16.5. The van der Waals surface area contributed by atoms with Crippen molar-refractivity contribution in [3.8, 4) is 0 Å². The molecule has 0 aromatic heterocycles. The zero-order chi connectivity index (χ0) is 9.19. The topological polar surface area (TPSA) is 12.5 Å². The second-order valence-corrected chi connectivity index (χ2v) is 3.82. The van der Waals surface area contributed by atoms with Gasteiger partial charge in [0.2, 0.25) is 0 Å². The minimum absolute atomic E-state index is 0.286. The third kappa shape index (κ3) is 1.80. The Morgan fingerprint density at radius 3 is 2.25 bits per heavy atom. The van der Waals surface area contributed by atoms with E-state index in [4.69, 9.17) is 4.74 Å². The number of ether oxygens (including phenoxy) is 1. The van der Waals surface area contributed by atoms with Crippen LogP contribution in [0, 0.1) is 0 Å². The van der Waals surface area contributed by atoms with Crippen molar-refractivity contribution in [1.29, 1.82) is 0 Å². The van der Waals surface area contributed by atoms with Gasteiger partial charge < -0.3 is 9.64 Å². The molecule has 1 unspecified atom stereocenters. The summed E-state index contributed by atoms with van der Waals surface area (Å²) >= 11 is 0. The number of nitrogens with zero attached hydrogens (tertiary/aromatic N) is 1. The Labute approximate surface area is 75.9 Å². The Morgan fingerprint density at radius 2 is 1.92 bits per heavy atom. The normalized spacial score (nSPS) is 32.5. The molecule has 0 amide bonds. The maximum Gasteiger partial charge on any atom is 0.0939 e. The van der Waals surface area contributed by atoms with Crippen LogP contribution in [0.15, 0.2) is 0 Å². The molecule has 2 heteroatoms. The molecule has 1 atom stereocenters. The van der Waals surface area contributed by atoms with Crippen molar-refractivity contribution in [1.82, 2.24) is 4.90 Å². The van der Waals surface area contributed by atoms with Gasteiger partial charge in [-0.2, -0.15) is 0 Å². The number of hydrogen-bond donors (Lipinski definition) is 0. The molecule has 2 rings (SSSR count). The first-order valence-corrected chi connectivity index (χ1v) is 5.07. The molecule has 0 radical (unpaired) electrons. The van der Waals surface area contributed by atoms with Crippen LogP contribution in [0.25, 0.3) is 0 Å². The van der Waals surface area contributed by atoms with Gasteiger partial charge in [0, 0.05) is 13.1 Å². The van der Waals surface area contributed by atoms with Gasteiger partial charge in [-0.15, -0.1) is 0 Å².